The summed E-state index contributed by atoms with van der Waals surface area (Å²) in [6, 6.07) is 6.16. The molecular formula is C10H14FNO. The number of benzene rings is 1. The molecule has 0 aliphatic heterocycles. The van der Waals surface area contributed by atoms with Gasteiger partial charge >= 0.3 is 0 Å². The van der Waals surface area contributed by atoms with Crippen molar-refractivity contribution < 1.29 is 9.50 Å². The molecule has 0 heterocycles. The molecule has 0 bridgehead atoms. The van der Waals surface area contributed by atoms with Gasteiger partial charge < -0.3 is 10.8 Å². The molecule has 1 aromatic rings. The monoisotopic (exact) mass is 183 g/mol. The van der Waals surface area contributed by atoms with Crippen molar-refractivity contribution in [2.45, 2.75) is 18.9 Å². The van der Waals surface area contributed by atoms with Crippen LogP contribution in [0.5, 0.6) is 0 Å². The first kappa shape index (κ1) is 10.2. The standard InChI is InChI=1S/C10H14FNO/c11-9-4-1-8(2-5-9)3-6-10(12)7-13/h1-2,4-5,10,13H,3,6-7,12H2/t10-/m1/s1. The average Bonchev–Trinajstić information content (AvgIpc) is 2.16. The van der Waals surface area contributed by atoms with Crippen molar-refractivity contribution in [1.29, 1.82) is 0 Å². The minimum absolute atomic E-state index is 0.00119. The van der Waals surface area contributed by atoms with Crippen LogP contribution in [0.3, 0.4) is 0 Å². The van der Waals surface area contributed by atoms with Gasteiger partial charge in [-0.1, -0.05) is 12.1 Å². The van der Waals surface area contributed by atoms with Crippen LogP contribution in [0.2, 0.25) is 0 Å². The van der Waals surface area contributed by atoms with Crippen molar-refractivity contribution in [3.05, 3.63) is 35.6 Å². The summed E-state index contributed by atoms with van der Waals surface area (Å²) in [7, 11) is 0. The Labute approximate surface area is 77.2 Å². The summed E-state index contributed by atoms with van der Waals surface area (Å²) in [5.74, 6) is -0.227. The molecule has 0 radical (unpaired) electrons. The Morgan fingerprint density at radius 2 is 1.92 bits per heavy atom. The van der Waals surface area contributed by atoms with Gasteiger partial charge in [-0.25, -0.2) is 4.39 Å². The van der Waals surface area contributed by atoms with Gasteiger partial charge in [-0.05, 0) is 30.5 Å². The van der Waals surface area contributed by atoms with E-state index in [1.165, 1.54) is 12.1 Å². The second-order valence-electron chi connectivity index (χ2n) is 3.11. The molecule has 0 spiro atoms. The lowest BCUT2D eigenvalue weighted by molar-refractivity contribution is 0.260. The fraction of sp³-hybridized carbons (Fsp3) is 0.400. The van der Waals surface area contributed by atoms with Crippen LogP contribution < -0.4 is 5.73 Å². The highest BCUT2D eigenvalue weighted by molar-refractivity contribution is 5.16. The van der Waals surface area contributed by atoms with E-state index < -0.39 is 0 Å². The molecule has 0 aromatic heterocycles. The number of aliphatic hydroxyl groups excluding tert-OH is 1. The van der Waals surface area contributed by atoms with Crippen molar-refractivity contribution >= 4 is 0 Å². The van der Waals surface area contributed by atoms with E-state index in [9.17, 15) is 4.39 Å². The van der Waals surface area contributed by atoms with Crippen molar-refractivity contribution in [3.63, 3.8) is 0 Å². The Hall–Kier alpha value is -0.930. The quantitative estimate of drug-likeness (QED) is 0.733. The Bertz CT molecular complexity index is 248. The molecule has 0 amide bonds. The first-order valence-corrected chi connectivity index (χ1v) is 4.33. The predicted octanol–water partition coefficient (Wildman–Crippen LogP) is 1.08. The maximum Gasteiger partial charge on any atom is 0.123 e. The zero-order chi connectivity index (χ0) is 9.68. The first-order chi connectivity index (χ1) is 6.22. The van der Waals surface area contributed by atoms with Crippen LogP contribution in [-0.2, 0) is 6.42 Å². The molecule has 3 heteroatoms. The van der Waals surface area contributed by atoms with Gasteiger partial charge in [0.05, 0.1) is 6.61 Å². The topological polar surface area (TPSA) is 46.2 Å². The van der Waals surface area contributed by atoms with E-state index in [2.05, 4.69) is 0 Å². The first-order valence-electron chi connectivity index (χ1n) is 4.33. The second-order valence-corrected chi connectivity index (χ2v) is 3.11. The number of hydrogen-bond acceptors (Lipinski definition) is 2. The lowest BCUT2D eigenvalue weighted by Gasteiger charge is -2.07. The summed E-state index contributed by atoms with van der Waals surface area (Å²) in [6.45, 7) is 0.00119. The SMILES string of the molecule is N[C@@H](CO)CCc1ccc(F)cc1. The molecule has 72 valence electrons. The van der Waals surface area contributed by atoms with Crippen LogP contribution in [0.15, 0.2) is 24.3 Å². The van der Waals surface area contributed by atoms with E-state index in [0.717, 1.165) is 18.4 Å². The van der Waals surface area contributed by atoms with Crippen LogP contribution in [-0.4, -0.2) is 17.8 Å². The molecule has 3 N–H and O–H groups in total. The fourth-order valence-corrected chi connectivity index (χ4v) is 1.09. The van der Waals surface area contributed by atoms with Gasteiger partial charge in [-0.2, -0.15) is 0 Å². The normalized spacial score (nSPS) is 12.8. The number of rotatable bonds is 4. The summed E-state index contributed by atoms with van der Waals surface area (Å²) < 4.78 is 12.5. The molecular weight excluding hydrogens is 169 g/mol. The highest BCUT2D eigenvalue weighted by Crippen LogP contribution is 2.06. The number of aryl methyl sites for hydroxylation is 1. The van der Waals surface area contributed by atoms with E-state index >= 15 is 0 Å². The molecule has 0 aliphatic carbocycles. The van der Waals surface area contributed by atoms with Gasteiger partial charge in [0.2, 0.25) is 0 Å². The van der Waals surface area contributed by atoms with E-state index in [1.54, 1.807) is 12.1 Å². The zero-order valence-corrected chi connectivity index (χ0v) is 7.41. The Morgan fingerprint density at radius 3 is 2.46 bits per heavy atom. The predicted molar refractivity (Wildman–Crippen MR) is 49.8 cm³/mol. The molecule has 1 rings (SSSR count). The van der Waals surface area contributed by atoms with Crippen molar-refractivity contribution in [3.8, 4) is 0 Å². The van der Waals surface area contributed by atoms with Crippen LogP contribution in [0.4, 0.5) is 4.39 Å². The molecule has 0 unspecified atom stereocenters. The highest BCUT2D eigenvalue weighted by Gasteiger charge is 2.00. The minimum Gasteiger partial charge on any atom is -0.395 e. The Kier molecular flexibility index (Phi) is 3.86. The van der Waals surface area contributed by atoms with Crippen molar-refractivity contribution in [2.24, 2.45) is 5.73 Å². The molecule has 0 aliphatic rings. The van der Waals surface area contributed by atoms with E-state index in [4.69, 9.17) is 10.8 Å². The fourth-order valence-electron chi connectivity index (χ4n) is 1.09. The summed E-state index contributed by atoms with van der Waals surface area (Å²) >= 11 is 0. The third-order valence-corrected chi connectivity index (χ3v) is 1.95. The summed E-state index contributed by atoms with van der Waals surface area (Å²) in [6.07, 6.45) is 1.50. The smallest absolute Gasteiger partial charge is 0.123 e. The van der Waals surface area contributed by atoms with E-state index in [0.29, 0.717) is 0 Å². The minimum atomic E-state index is -0.227. The molecule has 1 aromatic carbocycles. The van der Waals surface area contributed by atoms with Gasteiger partial charge in [0.25, 0.3) is 0 Å². The number of halogens is 1. The number of aliphatic hydroxyl groups is 1. The van der Waals surface area contributed by atoms with Gasteiger partial charge in [0.15, 0.2) is 0 Å². The molecule has 0 fully saturated rings. The third-order valence-electron chi connectivity index (χ3n) is 1.95. The van der Waals surface area contributed by atoms with Crippen LogP contribution in [0, 0.1) is 5.82 Å². The lowest BCUT2D eigenvalue weighted by atomic mass is 10.1. The van der Waals surface area contributed by atoms with Crippen LogP contribution >= 0.6 is 0 Å². The Balaban J connectivity index is 2.41. The molecule has 0 saturated heterocycles. The summed E-state index contributed by atoms with van der Waals surface area (Å²) in [5.41, 5.74) is 6.57. The van der Waals surface area contributed by atoms with Crippen molar-refractivity contribution in [2.75, 3.05) is 6.61 Å². The molecule has 1 atom stereocenters. The summed E-state index contributed by atoms with van der Waals surface area (Å²) in [5, 5.41) is 8.67. The van der Waals surface area contributed by atoms with Gasteiger partial charge in [-0.15, -0.1) is 0 Å². The number of nitrogens with two attached hydrogens (primary N) is 1. The van der Waals surface area contributed by atoms with Gasteiger partial charge in [0, 0.05) is 6.04 Å². The molecule has 2 nitrogen and oxygen atoms in total. The largest absolute Gasteiger partial charge is 0.395 e. The van der Waals surface area contributed by atoms with Gasteiger partial charge in [-0.3, -0.25) is 0 Å². The maximum absolute atomic E-state index is 12.5. The zero-order valence-electron chi connectivity index (χ0n) is 7.41. The molecule has 0 saturated carbocycles. The van der Waals surface area contributed by atoms with Crippen LogP contribution in [0.25, 0.3) is 0 Å². The summed E-state index contributed by atoms with van der Waals surface area (Å²) in [4.78, 5) is 0. The van der Waals surface area contributed by atoms with Crippen molar-refractivity contribution in [1.82, 2.24) is 0 Å². The molecule has 13 heavy (non-hydrogen) atoms. The Morgan fingerprint density at radius 1 is 1.31 bits per heavy atom. The highest BCUT2D eigenvalue weighted by atomic mass is 19.1. The van der Waals surface area contributed by atoms with Gasteiger partial charge in [0.1, 0.15) is 5.82 Å². The van der Waals surface area contributed by atoms with E-state index in [-0.39, 0.29) is 18.5 Å². The third kappa shape index (κ3) is 3.53. The lowest BCUT2D eigenvalue weighted by Crippen LogP contribution is -2.24. The van der Waals surface area contributed by atoms with E-state index in [1.807, 2.05) is 0 Å². The van der Waals surface area contributed by atoms with Crippen LogP contribution in [0.1, 0.15) is 12.0 Å². The maximum atomic E-state index is 12.5. The number of hydrogen-bond donors (Lipinski definition) is 2. The second kappa shape index (κ2) is 4.94. The average molecular weight is 183 g/mol.